The Morgan fingerprint density at radius 3 is 2.40 bits per heavy atom. The van der Waals surface area contributed by atoms with Crippen LogP contribution in [0.4, 0.5) is 0 Å². The molecule has 1 aromatic heterocycles. The van der Waals surface area contributed by atoms with Crippen molar-refractivity contribution in [3.05, 3.63) is 68.9 Å². The van der Waals surface area contributed by atoms with Gasteiger partial charge in [-0.3, -0.25) is 9.36 Å². The molecule has 3 aromatic rings. The quantitative estimate of drug-likeness (QED) is 0.572. The molecule has 0 atom stereocenters. The van der Waals surface area contributed by atoms with Gasteiger partial charge in [-0.05, 0) is 60.2 Å². The molecule has 0 aliphatic carbocycles. The van der Waals surface area contributed by atoms with Crippen molar-refractivity contribution >= 4 is 39.4 Å². The fraction of sp³-hybridized carbons (Fsp3) is 0.118. The number of fused-ring (bicyclic) bond motifs is 1. The number of hydrogen-bond donors (Lipinski definition) is 0. The van der Waals surface area contributed by atoms with Crippen LogP contribution in [-0.2, 0) is 0 Å². The third-order valence-electron chi connectivity index (χ3n) is 3.73. The second-order valence-electron chi connectivity index (χ2n) is 4.85. The minimum atomic E-state index is 0.0387. The van der Waals surface area contributed by atoms with E-state index in [-0.39, 0.29) is 5.91 Å². The van der Waals surface area contributed by atoms with Gasteiger partial charge in [0.15, 0.2) is 0 Å². The highest BCUT2D eigenvalue weighted by molar-refractivity contribution is 14.1. The summed E-state index contributed by atoms with van der Waals surface area (Å²) in [5, 5.41) is 1.14. The van der Waals surface area contributed by atoms with Gasteiger partial charge in [-0.2, -0.15) is 0 Å². The molecule has 0 saturated carbocycles. The van der Waals surface area contributed by atoms with Crippen LogP contribution in [-0.4, -0.2) is 10.5 Å². The summed E-state index contributed by atoms with van der Waals surface area (Å²) in [6.07, 6.45) is 0. The highest BCUT2D eigenvalue weighted by Crippen LogP contribution is 2.26. The SMILES string of the molecule is Cc1c(C)n(C(=O)c2ccccc2I)c2ccccc12. The highest BCUT2D eigenvalue weighted by Gasteiger charge is 2.18. The molecule has 0 radical (unpaired) electrons. The Hall–Kier alpha value is -1.62. The topological polar surface area (TPSA) is 22.0 Å². The summed E-state index contributed by atoms with van der Waals surface area (Å²) in [6, 6.07) is 15.8. The molecule has 2 nitrogen and oxygen atoms in total. The molecule has 0 bridgehead atoms. The zero-order chi connectivity index (χ0) is 14.3. The molecular weight excluding hydrogens is 361 g/mol. The van der Waals surface area contributed by atoms with Crippen LogP contribution in [0.25, 0.3) is 10.9 Å². The minimum Gasteiger partial charge on any atom is -0.280 e. The number of hydrogen-bond acceptors (Lipinski definition) is 1. The van der Waals surface area contributed by atoms with Crippen molar-refractivity contribution in [2.75, 3.05) is 0 Å². The van der Waals surface area contributed by atoms with Gasteiger partial charge in [-0.25, -0.2) is 0 Å². The first-order valence-corrected chi connectivity index (χ1v) is 7.55. The molecule has 3 rings (SSSR count). The average molecular weight is 375 g/mol. The summed E-state index contributed by atoms with van der Waals surface area (Å²) >= 11 is 2.21. The van der Waals surface area contributed by atoms with Crippen LogP contribution >= 0.6 is 22.6 Å². The summed E-state index contributed by atoms with van der Waals surface area (Å²) in [7, 11) is 0. The third kappa shape index (κ3) is 1.97. The van der Waals surface area contributed by atoms with E-state index in [1.807, 2.05) is 54.0 Å². The number of para-hydroxylation sites is 1. The predicted octanol–water partition coefficient (Wildman–Crippen LogP) is 4.55. The molecule has 0 fully saturated rings. The minimum absolute atomic E-state index is 0.0387. The Morgan fingerprint density at radius 1 is 1.00 bits per heavy atom. The lowest BCUT2D eigenvalue weighted by Gasteiger charge is -2.08. The first-order chi connectivity index (χ1) is 9.61. The van der Waals surface area contributed by atoms with Gasteiger partial charge in [0, 0.05) is 14.7 Å². The number of carbonyl (C=O) groups is 1. The maximum absolute atomic E-state index is 12.9. The number of benzene rings is 2. The molecule has 3 heteroatoms. The smallest absolute Gasteiger partial charge is 0.263 e. The van der Waals surface area contributed by atoms with Gasteiger partial charge in [0.1, 0.15) is 0 Å². The number of carbonyl (C=O) groups excluding carboxylic acids is 1. The largest absolute Gasteiger partial charge is 0.280 e. The van der Waals surface area contributed by atoms with Crippen molar-refractivity contribution in [1.82, 2.24) is 4.57 Å². The molecule has 0 N–H and O–H groups in total. The van der Waals surface area contributed by atoms with Crippen molar-refractivity contribution in [3.8, 4) is 0 Å². The van der Waals surface area contributed by atoms with Crippen LogP contribution < -0.4 is 0 Å². The number of halogens is 1. The van der Waals surface area contributed by atoms with Crippen LogP contribution in [0.3, 0.4) is 0 Å². The Labute approximate surface area is 131 Å². The third-order valence-corrected chi connectivity index (χ3v) is 4.68. The van der Waals surface area contributed by atoms with Crippen molar-refractivity contribution < 1.29 is 4.79 Å². The van der Waals surface area contributed by atoms with Crippen LogP contribution in [0, 0.1) is 17.4 Å². The van der Waals surface area contributed by atoms with Gasteiger partial charge in [-0.1, -0.05) is 30.3 Å². The van der Waals surface area contributed by atoms with E-state index in [9.17, 15) is 4.79 Å². The molecule has 0 amide bonds. The maximum atomic E-state index is 12.9. The van der Waals surface area contributed by atoms with E-state index in [4.69, 9.17) is 0 Å². The van der Waals surface area contributed by atoms with Gasteiger partial charge in [0.25, 0.3) is 5.91 Å². The van der Waals surface area contributed by atoms with Crippen molar-refractivity contribution in [2.24, 2.45) is 0 Å². The molecule has 0 aliphatic heterocycles. The molecule has 0 saturated heterocycles. The molecule has 2 aromatic carbocycles. The van der Waals surface area contributed by atoms with E-state index in [1.54, 1.807) is 0 Å². The highest BCUT2D eigenvalue weighted by atomic mass is 127. The standard InChI is InChI=1S/C17H14INO/c1-11-12(2)19(16-10-6-4-7-13(11)16)17(20)14-8-3-5-9-15(14)18/h3-10H,1-2H3. The van der Waals surface area contributed by atoms with Crippen LogP contribution in [0.5, 0.6) is 0 Å². The molecule has 100 valence electrons. The molecule has 0 aliphatic rings. The zero-order valence-corrected chi connectivity index (χ0v) is 13.5. The van der Waals surface area contributed by atoms with E-state index in [1.165, 1.54) is 5.56 Å². The monoisotopic (exact) mass is 375 g/mol. The van der Waals surface area contributed by atoms with Crippen LogP contribution in [0.2, 0.25) is 0 Å². The number of nitrogens with zero attached hydrogens (tertiary/aromatic N) is 1. The summed E-state index contributed by atoms with van der Waals surface area (Å²) in [5.41, 5.74) is 3.90. The van der Waals surface area contributed by atoms with Crippen molar-refractivity contribution in [2.45, 2.75) is 13.8 Å². The summed E-state index contributed by atoms with van der Waals surface area (Å²) in [4.78, 5) is 12.9. The summed E-state index contributed by atoms with van der Waals surface area (Å²) < 4.78 is 2.80. The fourth-order valence-electron chi connectivity index (χ4n) is 2.55. The van der Waals surface area contributed by atoms with Crippen molar-refractivity contribution in [1.29, 1.82) is 0 Å². The van der Waals surface area contributed by atoms with Gasteiger partial charge in [0.2, 0.25) is 0 Å². The fourth-order valence-corrected chi connectivity index (χ4v) is 3.16. The van der Waals surface area contributed by atoms with E-state index in [0.717, 1.165) is 25.7 Å². The Kier molecular flexibility index (Phi) is 3.38. The molecular formula is C17H14INO. The van der Waals surface area contributed by atoms with Crippen LogP contribution in [0.15, 0.2) is 48.5 Å². The summed E-state index contributed by atoms with van der Waals surface area (Å²) in [5.74, 6) is 0.0387. The molecule has 0 spiro atoms. The lowest BCUT2D eigenvalue weighted by molar-refractivity contribution is 0.0962. The number of aryl methyl sites for hydroxylation is 1. The Balaban J connectivity index is 2.28. The first kappa shape index (κ1) is 13.4. The average Bonchev–Trinajstić information content (AvgIpc) is 2.71. The van der Waals surface area contributed by atoms with Crippen LogP contribution in [0.1, 0.15) is 21.6 Å². The Morgan fingerprint density at radius 2 is 1.65 bits per heavy atom. The van der Waals surface area contributed by atoms with Crippen molar-refractivity contribution in [3.63, 3.8) is 0 Å². The van der Waals surface area contributed by atoms with E-state index < -0.39 is 0 Å². The lowest BCUT2D eigenvalue weighted by atomic mass is 10.2. The Bertz CT molecular complexity index is 817. The second kappa shape index (κ2) is 5.05. The number of aromatic nitrogens is 1. The molecule has 20 heavy (non-hydrogen) atoms. The van der Waals surface area contributed by atoms with Gasteiger partial charge >= 0.3 is 0 Å². The van der Waals surface area contributed by atoms with Gasteiger partial charge in [0.05, 0.1) is 11.1 Å². The normalized spacial score (nSPS) is 10.9. The molecule has 1 heterocycles. The lowest BCUT2D eigenvalue weighted by Crippen LogP contribution is -2.14. The molecule has 0 unspecified atom stereocenters. The zero-order valence-electron chi connectivity index (χ0n) is 11.4. The summed E-state index contributed by atoms with van der Waals surface area (Å²) in [6.45, 7) is 4.07. The predicted molar refractivity (Wildman–Crippen MR) is 90.3 cm³/mol. The number of rotatable bonds is 1. The van der Waals surface area contributed by atoms with E-state index >= 15 is 0 Å². The van der Waals surface area contributed by atoms with Gasteiger partial charge < -0.3 is 0 Å². The van der Waals surface area contributed by atoms with E-state index in [0.29, 0.717) is 0 Å². The first-order valence-electron chi connectivity index (χ1n) is 6.47. The maximum Gasteiger partial charge on any atom is 0.263 e. The van der Waals surface area contributed by atoms with Gasteiger partial charge in [-0.15, -0.1) is 0 Å². The van der Waals surface area contributed by atoms with E-state index in [2.05, 4.69) is 35.6 Å². The second-order valence-corrected chi connectivity index (χ2v) is 6.01.